The minimum absolute atomic E-state index is 0.933. The van der Waals surface area contributed by atoms with Gasteiger partial charge in [0.1, 0.15) is 0 Å². The molecule has 0 aromatic carbocycles. The zero-order chi connectivity index (χ0) is 7.82. The van der Waals surface area contributed by atoms with E-state index in [1.165, 1.54) is 11.5 Å². The molecule has 0 saturated carbocycles. The molecule has 1 nitrogen and oxygen atoms in total. The second kappa shape index (κ2) is 7.13. The molecule has 2 heteroatoms. The molecule has 0 aliphatic carbocycles. The molecule has 0 spiro atoms. The van der Waals surface area contributed by atoms with Gasteiger partial charge in [-0.3, -0.25) is 4.99 Å². The van der Waals surface area contributed by atoms with Crippen molar-refractivity contribution in [3.8, 4) is 0 Å². The molecule has 0 radical (unpaired) electrons. The largest absolute Gasteiger partial charge is 0.283 e. The van der Waals surface area contributed by atoms with Crippen LogP contribution in [0.25, 0.3) is 0 Å². The summed E-state index contributed by atoms with van der Waals surface area (Å²) >= 11 is 1.88. The fraction of sp³-hybridized carbons (Fsp3) is 0.875. The van der Waals surface area contributed by atoms with Crippen LogP contribution in [-0.4, -0.2) is 17.3 Å². The van der Waals surface area contributed by atoms with Crippen LogP contribution < -0.4 is 0 Å². The van der Waals surface area contributed by atoms with Gasteiger partial charge in [-0.1, -0.05) is 20.3 Å². The molecule has 0 atom stereocenters. The predicted octanol–water partition coefficient (Wildman–Crippen LogP) is 2.96. The standard InChI is InChI=1S/C8H17NS/c1-4-7-8(9-5-2)10-6-3/h4-7H2,1-3H3/b9-8-. The van der Waals surface area contributed by atoms with E-state index in [9.17, 15) is 0 Å². The van der Waals surface area contributed by atoms with Crippen molar-refractivity contribution in [1.29, 1.82) is 0 Å². The normalized spacial score (nSPS) is 12.1. The maximum absolute atomic E-state index is 4.38. The molecule has 0 aromatic heterocycles. The summed E-state index contributed by atoms with van der Waals surface area (Å²) in [6, 6.07) is 0. The van der Waals surface area contributed by atoms with Crippen molar-refractivity contribution >= 4 is 16.8 Å². The van der Waals surface area contributed by atoms with Crippen molar-refractivity contribution in [3.63, 3.8) is 0 Å². The van der Waals surface area contributed by atoms with E-state index in [1.54, 1.807) is 0 Å². The Hall–Kier alpha value is 0.0200. The van der Waals surface area contributed by atoms with Crippen LogP contribution in [0.4, 0.5) is 0 Å². The lowest BCUT2D eigenvalue weighted by Crippen LogP contribution is -1.92. The molecule has 0 heterocycles. The third-order valence-electron chi connectivity index (χ3n) is 1.11. The van der Waals surface area contributed by atoms with Gasteiger partial charge in [-0.15, -0.1) is 11.8 Å². The predicted molar refractivity (Wildman–Crippen MR) is 51.0 cm³/mol. The van der Waals surface area contributed by atoms with E-state index < -0.39 is 0 Å². The Balaban J connectivity index is 3.60. The fourth-order valence-electron chi connectivity index (χ4n) is 0.754. The van der Waals surface area contributed by atoms with Crippen LogP contribution in [0, 0.1) is 0 Å². The summed E-state index contributed by atoms with van der Waals surface area (Å²) in [5, 5.41) is 1.33. The summed E-state index contributed by atoms with van der Waals surface area (Å²) < 4.78 is 0. The second-order valence-electron chi connectivity index (χ2n) is 2.05. The summed E-state index contributed by atoms with van der Waals surface area (Å²) in [5.74, 6) is 1.15. The average Bonchev–Trinajstić information content (AvgIpc) is 1.90. The van der Waals surface area contributed by atoms with Gasteiger partial charge in [0, 0.05) is 6.54 Å². The number of nitrogens with zero attached hydrogens (tertiary/aromatic N) is 1. The highest BCUT2D eigenvalue weighted by Crippen LogP contribution is 2.08. The molecule has 0 saturated heterocycles. The first-order valence-corrected chi connectivity index (χ1v) is 4.99. The molecule has 0 bridgehead atoms. The van der Waals surface area contributed by atoms with Crippen molar-refractivity contribution in [1.82, 2.24) is 0 Å². The van der Waals surface area contributed by atoms with Crippen LogP contribution in [-0.2, 0) is 0 Å². The van der Waals surface area contributed by atoms with E-state index in [0.717, 1.165) is 18.7 Å². The Bertz CT molecular complexity index is 91.4. The number of thioether (sulfide) groups is 1. The van der Waals surface area contributed by atoms with Crippen LogP contribution >= 0.6 is 11.8 Å². The smallest absolute Gasteiger partial charge is 0.0675 e. The minimum atomic E-state index is 0.933. The minimum Gasteiger partial charge on any atom is -0.283 e. The van der Waals surface area contributed by atoms with Crippen molar-refractivity contribution in [2.75, 3.05) is 12.3 Å². The van der Waals surface area contributed by atoms with Gasteiger partial charge in [-0.2, -0.15) is 0 Å². The summed E-state index contributed by atoms with van der Waals surface area (Å²) in [6.07, 6.45) is 2.37. The van der Waals surface area contributed by atoms with Gasteiger partial charge in [0.15, 0.2) is 0 Å². The second-order valence-corrected chi connectivity index (χ2v) is 3.39. The van der Waals surface area contributed by atoms with Gasteiger partial charge in [0.25, 0.3) is 0 Å². The highest BCUT2D eigenvalue weighted by molar-refractivity contribution is 8.13. The molecule has 0 amide bonds. The van der Waals surface area contributed by atoms with Gasteiger partial charge in [0.05, 0.1) is 5.04 Å². The van der Waals surface area contributed by atoms with E-state index in [4.69, 9.17) is 0 Å². The zero-order valence-electron chi connectivity index (χ0n) is 7.18. The summed E-state index contributed by atoms with van der Waals surface area (Å²) in [6.45, 7) is 7.39. The molecule has 60 valence electrons. The SMILES string of the molecule is CCC/C(=N/CC)SCC. The Morgan fingerprint density at radius 2 is 2.00 bits per heavy atom. The third-order valence-corrected chi connectivity index (χ3v) is 2.06. The Morgan fingerprint density at radius 3 is 2.40 bits per heavy atom. The summed E-state index contributed by atoms with van der Waals surface area (Å²) in [5.41, 5.74) is 0. The van der Waals surface area contributed by atoms with Crippen LogP contribution in [0.2, 0.25) is 0 Å². The lowest BCUT2D eigenvalue weighted by Gasteiger charge is -2.00. The average molecular weight is 159 g/mol. The molecule has 0 rings (SSSR count). The van der Waals surface area contributed by atoms with E-state index in [0.29, 0.717) is 0 Å². The molecule has 10 heavy (non-hydrogen) atoms. The zero-order valence-corrected chi connectivity index (χ0v) is 8.00. The molecule has 0 aliphatic rings. The van der Waals surface area contributed by atoms with Crippen LogP contribution in [0.3, 0.4) is 0 Å². The first-order valence-electron chi connectivity index (χ1n) is 4.01. The van der Waals surface area contributed by atoms with Crippen molar-refractivity contribution in [2.24, 2.45) is 4.99 Å². The molecule has 0 aromatic rings. The van der Waals surface area contributed by atoms with E-state index in [1.807, 2.05) is 11.8 Å². The quantitative estimate of drug-likeness (QED) is 0.454. The first kappa shape index (κ1) is 10.0. The monoisotopic (exact) mass is 159 g/mol. The molecular weight excluding hydrogens is 142 g/mol. The Morgan fingerprint density at radius 1 is 1.30 bits per heavy atom. The van der Waals surface area contributed by atoms with E-state index in [-0.39, 0.29) is 0 Å². The van der Waals surface area contributed by atoms with Gasteiger partial charge in [-0.05, 0) is 19.1 Å². The number of rotatable bonds is 4. The lowest BCUT2D eigenvalue weighted by atomic mass is 10.4. The first-order chi connectivity index (χ1) is 4.85. The van der Waals surface area contributed by atoms with Crippen LogP contribution in [0.1, 0.15) is 33.6 Å². The van der Waals surface area contributed by atoms with Crippen molar-refractivity contribution in [3.05, 3.63) is 0 Å². The van der Waals surface area contributed by atoms with Crippen LogP contribution in [0.5, 0.6) is 0 Å². The number of aliphatic imine (C=N–C) groups is 1. The Kier molecular flexibility index (Phi) is 7.15. The van der Waals surface area contributed by atoms with Crippen molar-refractivity contribution < 1.29 is 0 Å². The molecule has 0 unspecified atom stereocenters. The highest BCUT2D eigenvalue weighted by atomic mass is 32.2. The molecular formula is C8H17NS. The number of hydrogen-bond acceptors (Lipinski definition) is 2. The highest BCUT2D eigenvalue weighted by Gasteiger charge is 1.94. The van der Waals surface area contributed by atoms with Gasteiger partial charge < -0.3 is 0 Å². The lowest BCUT2D eigenvalue weighted by molar-refractivity contribution is 0.989. The molecule has 0 N–H and O–H groups in total. The maximum Gasteiger partial charge on any atom is 0.0675 e. The van der Waals surface area contributed by atoms with Gasteiger partial charge in [0.2, 0.25) is 0 Å². The molecule has 0 aliphatic heterocycles. The summed E-state index contributed by atoms with van der Waals surface area (Å²) in [7, 11) is 0. The van der Waals surface area contributed by atoms with Crippen molar-refractivity contribution in [2.45, 2.75) is 33.6 Å². The van der Waals surface area contributed by atoms with Crippen LogP contribution in [0.15, 0.2) is 4.99 Å². The number of hydrogen-bond donors (Lipinski definition) is 0. The van der Waals surface area contributed by atoms with E-state index in [2.05, 4.69) is 25.8 Å². The molecule has 0 fully saturated rings. The fourth-order valence-corrected chi connectivity index (χ4v) is 1.66. The third kappa shape index (κ3) is 4.86. The maximum atomic E-state index is 4.38. The topological polar surface area (TPSA) is 12.4 Å². The Labute approximate surface area is 68.3 Å². The summed E-state index contributed by atoms with van der Waals surface area (Å²) in [4.78, 5) is 4.38. The van der Waals surface area contributed by atoms with E-state index >= 15 is 0 Å². The van der Waals surface area contributed by atoms with Gasteiger partial charge in [-0.25, -0.2) is 0 Å². The van der Waals surface area contributed by atoms with Gasteiger partial charge >= 0.3 is 0 Å².